The number of hydrogen-bond acceptors (Lipinski definition) is 4. The molecule has 38 heavy (non-hydrogen) atoms. The summed E-state index contributed by atoms with van der Waals surface area (Å²) in [7, 11) is -3.83. The molecule has 8 heteroatoms. The number of hydrogen-bond donors (Lipinski definition) is 2. The van der Waals surface area contributed by atoms with Crippen LogP contribution in [0.4, 0.5) is 11.4 Å². The highest BCUT2D eigenvalue weighted by molar-refractivity contribution is 7.92. The minimum Gasteiger partial charge on any atom is -0.322 e. The van der Waals surface area contributed by atoms with E-state index in [0.717, 1.165) is 5.56 Å². The van der Waals surface area contributed by atoms with E-state index >= 15 is 0 Å². The molecule has 4 aromatic rings. The largest absolute Gasteiger partial charge is 0.322 e. The molecule has 0 unspecified atom stereocenters. The van der Waals surface area contributed by atoms with E-state index in [0.29, 0.717) is 16.8 Å². The van der Waals surface area contributed by atoms with Crippen LogP contribution in [0.3, 0.4) is 0 Å². The topological polar surface area (TPSA) is 92.3 Å². The molecule has 0 bridgehead atoms. The van der Waals surface area contributed by atoms with Gasteiger partial charge < -0.3 is 5.32 Å². The Bertz CT molecular complexity index is 1590. The number of carbonyl (C=O) groups is 2. The van der Waals surface area contributed by atoms with Crippen LogP contribution < -0.4 is 10.0 Å². The monoisotopic (exact) mass is 546 g/mol. The van der Waals surface area contributed by atoms with Crippen molar-refractivity contribution in [3.8, 4) is 0 Å². The molecule has 1 amide bonds. The van der Waals surface area contributed by atoms with E-state index in [1.54, 1.807) is 42.5 Å². The maximum Gasteiger partial charge on any atom is 0.261 e. The fourth-order valence-corrected chi connectivity index (χ4v) is 5.16. The maximum atomic E-state index is 13.0. The Balaban J connectivity index is 1.47. The molecule has 0 saturated heterocycles. The summed E-state index contributed by atoms with van der Waals surface area (Å²) in [6, 6.07) is 26.4. The van der Waals surface area contributed by atoms with Crippen molar-refractivity contribution >= 4 is 44.7 Å². The zero-order valence-electron chi connectivity index (χ0n) is 21.2. The summed E-state index contributed by atoms with van der Waals surface area (Å²) in [6.07, 6.45) is 0. The molecule has 4 aromatic carbocycles. The van der Waals surface area contributed by atoms with Crippen molar-refractivity contribution in [3.63, 3.8) is 0 Å². The van der Waals surface area contributed by atoms with Crippen LogP contribution in [0.5, 0.6) is 0 Å². The third-order valence-electron chi connectivity index (χ3n) is 5.92. The van der Waals surface area contributed by atoms with Crippen LogP contribution in [-0.2, 0) is 15.4 Å². The molecule has 0 fully saturated rings. The fourth-order valence-electron chi connectivity index (χ4n) is 3.77. The van der Waals surface area contributed by atoms with Gasteiger partial charge in [-0.1, -0.05) is 87.0 Å². The van der Waals surface area contributed by atoms with Gasteiger partial charge in [0.15, 0.2) is 5.78 Å². The molecule has 0 spiro atoms. The normalized spacial score (nSPS) is 11.6. The smallest absolute Gasteiger partial charge is 0.261 e. The van der Waals surface area contributed by atoms with Gasteiger partial charge in [-0.25, -0.2) is 8.42 Å². The SMILES string of the molecule is CC(C)(C)c1ccc(C(=O)c2cccc(NC(=O)c3ccc(NS(=O)(=O)c4ccccc4)c(Cl)c3)c2)cc1. The van der Waals surface area contributed by atoms with Crippen molar-refractivity contribution in [2.75, 3.05) is 10.0 Å². The number of benzene rings is 4. The summed E-state index contributed by atoms with van der Waals surface area (Å²) >= 11 is 6.29. The van der Waals surface area contributed by atoms with Crippen LogP contribution in [0, 0.1) is 0 Å². The third-order valence-corrected chi connectivity index (χ3v) is 7.62. The lowest BCUT2D eigenvalue weighted by atomic mass is 9.86. The molecule has 0 aromatic heterocycles. The summed E-state index contributed by atoms with van der Waals surface area (Å²) in [4.78, 5) is 26.0. The molecular formula is C30H27ClN2O4S. The lowest BCUT2D eigenvalue weighted by molar-refractivity contribution is 0.102. The molecule has 0 aliphatic rings. The molecule has 0 heterocycles. The highest BCUT2D eigenvalue weighted by Gasteiger charge is 2.18. The number of amides is 1. The second-order valence-electron chi connectivity index (χ2n) is 9.80. The second kappa shape index (κ2) is 10.8. The minimum atomic E-state index is -3.83. The summed E-state index contributed by atoms with van der Waals surface area (Å²) in [6.45, 7) is 6.33. The van der Waals surface area contributed by atoms with Crippen LogP contribution in [0.25, 0.3) is 0 Å². The lowest BCUT2D eigenvalue weighted by Crippen LogP contribution is -2.15. The Hall–Kier alpha value is -3.94. The van der Waals surface area contributed by atoms with Gasteiger partial charge >= 0.3 is 0 Å². The molecule has 0 radical (unpaired) electrons. The molecule has 4 rings (SSSR count). The van der Waals surface area contributed by atoms with E-state index in [1.807, 2.05) is 24.3 Å². The molecule has 0 aliphatic heterocycles. The Kier molecular flexibility index (Phi) is 7.71. The van der Waals surface area contributed by atoms with Gasteiger partial charge in [0.25, 0.3) is 15.9 Å². The van der Waals surface area contributed by atoms with Crippen LogP contribution in [-0.4, -0.2) is 20.1 Å². The number of nitrogens with one attached hydrogen (secondary N) is 2. The molecule has 0 aliphatic carbocycles. The fraction of sp³-hybridized carbons (Fsp3) is 0.133. The summed E-state index contributed by atoms with van der Waals surface area (Å²) in [5, 5.41) is 2.84. The molecule has 6 nitrogen and oxygen atoms in total. The van der Waals surface area contributed by atoms with Gasteiger partial charge in [0.1, 0.15) is 0 Å². The minimum absolute atomic E-state index is 0.0148. The average molecular weight is 547 g/mol. The zero-order valence-corrected chi connectivity index (χ0v) is 22.7. The number of rotatable bonds is 7. The van der Waals surface area contributed by atoms with Crippen molar-refractivity contribution in [1.29, 1.82) is 0 Å². The van der Waals surface area contributed by atoms with Gasteiger partial charge in [0, 0.05) is 22.4 Å². The van der Waals surface area contributed by atoms with Gasteiger partial charge in [-0.15, -0.1) is 0 Å². The van der Waals surface area contributed by atoms with Crippen molar-refractivity contribution < 1.29 is 18.0 Å². The number of anilines is 2. The van der Waals surface area contributed by atoms with E-state index in [-0.39, 0.29) is 32.4 Å². The van der Waals surface area contributed by atoms with Gasteiger partial charge in [-0.3, -0.25) is 14.3 Å². The Morgan fingerprint density at radius 2 is 1.39 bits per heavy atom. The van der Waals surface area contributed by atoms with E-state index in [2.05, 4.69) is 30.8 Å². The van der Waals surface area contributed by atoms with E-state index in [4.69, 9.17) is 11.6 Å². The third kappa shape index (κ3) is 6.30. The predicted molar refractivity (Wildman–Crippen MR) is 152 cm³/mol. The second-order valence-corrected chi connectivity index (χ2v) is 11.9. The molecule has 0 saturated carbocycles. The van der Waals surface area contributed by atoms with E-state index in [1.165, 1.54) is 30.3 Å². The van der Waals surface area contributed by atoms with Crippen LogP contribution in [0.15, 0.2) is 102 Å². The quantitative estimate of drug-likeness (QED) is 0.246. The summed E-state index contributed by atoms with van der Waals surface area (Å²) < 4.78 is 27.6. The Morgan fingerprint density at radius 3 is 2.03 bits per heavy atom. The number of ketones is 1. The van der Waals surface area contributed by atoms with Crippen molar-refractivity contribution in [1.82, 2.24) is 0 Å². The van der Waals surface area contributed by atoms with Crippen LogP contribution in [0.1, 0.15) is 52.6 Å². The van der Waals surface area contributed by atoms with Gasteiger partial charge in [0.05, 0.1) is 15.6 Å². The number of halogens is 1. The highest BCUT2D eigenvalue weighted by Crippen LogP contribution is 2.27. The van der Waals surface area contributed by atoms with Crippen LogP contribution >= 0.6 is 11.6 Å². The molecule has 0 atom stereocenters. The van der Waals surface area contributed by atoms with Crippen molar-refractivity contribution in [3.05, 3.63) is 124 Å². The summed E-state index contributed by atoms with van der Waals surface area (Å²) in [5.41, 5.74) is 2.94. The van der Waals surface area contributed by atoms with Crippen molar-refractivity contribution in [2.45, 2.75) is 31.1 Å². The van der Waals surface area contributed by atoms with Gasteiger partial charge in [-0.2, -0.15) is 0 Å². The first kappa shape index (κ1) is 27.1. The van der Waals surface area contributed by atoms with Crippen LogP contribution in [0.2, 0.25) is 5.02 Å². The lowest BCUT2D eigenvalue weighted by Gasteiger charge is -2.19. The van der Waals surface area contributed by atoms with E-state index in [9.17, 15) is 18.0 Å². The number of carbonyl (C=O) groups excluding carboxylic acids is 2. The van der Waals surface area contributed by atoms with Gasteiger partial charge in [-0.05, 0) is 53.4 Å². The number of sulfonamides is 1. The Labute approximate surface area is 227 Å². The predicted octanol–water partition coefficient (Wildman–Crippen LogP) is 6.92. The molecular weight excluding hydrogens is 520 g/mol. The molecule has 194 valence electrons. The van der Waals surface area contributed by atoms with E-state index < -0.39 is 15.9 Å². The highest BCUT2D eigenvalue weighted by atomic mass is 35.5. The standard InChI is InChI=1S/C30H27ClN2O4S/c1-30(2,3)23-15-12-20(13-16-23)28(34)21-8-7-9-24(18-21)32-29(35)22-14-17-27(26(31)19-22)33-38(36,37)25-10-5-4-6-11-25/h4-19,33H,1-3H3,(H,32,35). The first-order chi connectivity index (χ1) is 17.9. The first-order valence-corrected chi connectivity index (χ1v) is 13.7. The Morgan fingerprint density at radius 1 is 0.737 bits per heavy atom. The maximum absolute atomic E-state index is 13.0. The van der Waals surface area contributed by atoms with Gasteiger partial charge in [0.2, 0.25) is 0 Å². The molecule has 2 N–H and O–H groups in total. The zero-order chi connectivity index (χ0) is 27.5. The van der Waals surface area contributed by atoms with Crippen molar-refractivity contribution in [2.24, 2.45) is 0 Å². The summed E-state index contributed by atoms with van der Waals surface area (Å²) in [5.74, 6) is -0.608. The first-order valence-electron chi connectivity index (χ1n) is 11.9. The average Bonchev–Trinajstić information content (AvgIpc) is 2.89.